The van der Waals surface area contributed by atoms with Gasteiger partial charge in [0.25, 0.3) is 0 Å². The second-order valence-corrected chi connectivity index (χ2v) is 3.77. The van der Waals surface area contributed by atoms with Crippen molar-refractivity contribution in [3.63, 3.8) is 0 Å². The molecule has 0 aromatic carbocycles. The first-order valence-electron chi connectivity index (χ1n) is 5.35. The number of ether oxygens (including phenoxy) is 2. The number of nitrogens with one attached hydrogen (secondary N) is 1. The van der Waals surface area contributed by atoms with Crippen molar-refractivity contribution >= 4 is 23.4 Å². The molecule has 1 rings (SSSR count). The zero-order valence-corrected chi connectivity index (χ0v) is 10.7. The molecule has 1 heterocycles. The Kier molecular flexibility index (Phi) is 6.42. The van der Waals surface area contributed by atoms with E-state index in [1.165, 1.54) is 6.07 Å². The predicted molar refractivity (Wildman–Crippen MR) is 67.4 cm³/mol. The Labute approximate surface area is 110 Å². The molecule has 0 aliphatic carbocycles. The van der Waals surface area contributed by atoms with Crippen molar-refractivity contribution in [3.05, 3.63) is 22.8 Å². The number of aromatic carboxylic acids is 1. The van der Waals surface area contributed by atoms with Gasteiger partial charge in [0.2, 0.25) is 0 Å². The number of nitrogens with zero attached hydrogens (tertiary/aromatic N) is 1. The van der Waals surface area contributed by atoms with Crippen molar-refractivity contribution in [3.8, 4) is 0 Å². The summed E-state index contributed by atoms with van der Waals surface area (Å²) in [5, 5.41) is 11.9. The minimum absolute atomic E-state index is 0.115. The Morgan fingerprint density at radius 3 is 2.89 bits per heavy atom. The Morgan fingerprint density at radius 1 is 1.44 bits per heavy atom. The number of hydrogen-bond acceptors (Lipinski definition) is 5. The largest absolute Gasteiger partial charge is 0.476 e. The van der Waals surface area contributed by atoms with Gasteiger partial charge in [-0.1, -0.05) is 11.6 Å². The van der Waals surface area contributed by atoms with Crippen LogP contribution < -0.4 is 5.32 Å². The number of carboxylic acid groups (broad SMARTS) is 1. The van der Waals surface area contributed by atoms with Crippen LogP contribution >= 0.6 is 11.6 Å². The zero-order chi connectivity index (χ0) is 13.4. The number of carbonyl (C=O) groups is 1. The second-order valence-electron chi connectivity index (χ2n) is 3.36. The van der Waals surface area contributed by atoms with Gasteiger partial charge in [-0.25, -0.2) is 9.78 Å². The Morgan fingerprint density at radius 2 is 2.22 bits per heavy atom. The molecule has 1 aromatic rings. The summed E-state index contributed by atoms with van der Waals surface area (Å²) in [6.07, 6.45) is 0. The summed E-state index contributed by atoms with van der Waals surface area (Å²) >= 11 is 5.70. The monoisotopic (exact) mass is 274 g/mol. The highest BCUT2D eigenvalue weighted by molar-refractivity contribution is 6.33. The number of rotatable bonds is 8. The molecule has 0 spiro atoms. The molecule has 1 aromatic heterocycles. The second kappa shape index (κ2) is 7.86. The lowest BCUT2D eigenvalue weighted by atomic mass is 10.3. The molecule has 0 amide bonds. The maximum absolute atomic E-state index is 10.8. The van der Waals surface area contributed by atoms with Crippen LogP contribution in [0.15, 0.2) is 12.1 Å². The van der Waals surface area contributed by atoms with Crippen LogP contribution in [0, 0.1) is 0 Å². The number of halogens is 1. The lowest BCUT2D eigenvalue weighted by molar-refractivity contribution is 0.0691. The lowest BCUT2D eigenvalue weighted by Gasteiger charge is -2.07. The molecule has 2 N–H and O–H groups in total. The Balaban J connectivity index is 2.38. The number of hydrogen-bond donors (Lipinski definition) is 2. The van der Waals surface area contributed by atoms with Gasteiger partial charge in [-0.05, 0) is 12.1 Å². The number of pyridine rings is 1. The lowest BCUT2D eigenvalue weighted by Crippen LogP contribution is -2.13. The van der Waals surface area contributed by atoms with Crippen molar-refractivity contribution in [1.29, 1.82) is 0 Å². The molecule has 0 radical (unpaired) electrons. The van der Waals surface area contributed by atoms with Crippen LogP contribution in [-0.4, -0.2) is 49.5 Å². The van der Waals surface area contributed by atoms with E-state index in [2.05, 4.69) is 10.3 Å². The minimum atomic E-state index is -1.15. The number of carboxylic acids is 1. The molecule has 0 atom stereocenters. The van der Waals surface area contributed by atoms with Crippen molar-refractivity contribution in [1.82, 2.24) is 4.98 Å². The quantitative estimate of drug-likeness (QED) is 0.700. The van der Waals surface area contributed by atoms with Gasteiger partial charge in [-0.3, -0.25) is 0 Å². The van der Waals surface area contributed by atoms with E-state index in [4.69, 9.17) is 26.2 Å². The Bertz CT molecular complexity index is 401. The SMILES string of the molecule is COCCOCCNc1ccc(Cl)c(C(=O)O)n1. The van der Waals surface area contributed by atoms with Crippen LogP contribution in [-0.2, 0) is 9.47 Å². The van der Waals surface area contributed by atoms with Gasteiger partial charge < -0.3 is 19.9 Å². The summed E-state index contributed by atoms with van der Waals surface area (Å²) in [4.78, 5) is 14.7. The van der Waals surface area contributed by atoms with E-state index in [1.807, 2.05) is 0 Å². The molecule has 0 unspecified atom stereocenters. The third-order valence-electron chi connectivity index (χ3n) is 2.03. The Hall–Kier alpha value is -1.37. The maximum Gasteiger partial charge on any atom is 0.356 e. The molecule has 0 aliphatic heterocycles. The minimum Gasteiger partial charge on any atom is -0.476 e. The van der Waals surface area contributed by atoms with Crippen molar-refractivity contribution < 1.29 is 19.4 Å². The molecule has 0 bridgehead atoms. The first-order chi connectivity index (χ1) is 8.65. The average molecular weight is 275 g/mol. The summed E-state index contributed by atoms with van der Waals surface area (Å²) in [6.45, 7) is 2.07. The number of aromatic nitrogens is 1. The highest BCUT2D eigenvalue weighted by Crippen LogP contribution is 2.16. The van der Waals surface area contributed by atoms with Crippen molar-refractivity contribution in [2.24, 2.45) is 0 Å². The molecule has 18 heavy (non-hydrogen) atoms. The highest BCUT2D eigenvalue weighted by atomic mass is 35.5. The first kappa shape index (κ1) is 14.7. The number of anilines is 1. The van der Waals surface area contributed by atoms with Crippen LogP contribution in [0.25, 0.3) is 0 Å². The van der Waals surface area contributed by atoms with Crippen molar-refractivity contribution in [2.45, 2.75) is 0 Å². The van der Waals surface area contributed by atoms with Gasteiger partial charge >= 0.3 is 5.97 Å². The molecule has 100 valence electrons. The first-order valence-corrected chi connectivity index (χ1v) is 5.73. The van der Waals surface area contributed by atoms with Gasteiger partial charge in [0, 0.05) is 13.7 Å². The molecule has 0 fully saturated rings. The van der Waals surface area contributed by atoms with Crippen LogP contribution in [0.3, 0.4) is 0 Å². The summed E-state index contributed by atoms with van der Waals surface area (Å²) < 4.78 is 10.1. The fourth-order valence-electron chi connectivity index (χ4n) is 1.19. The number of methoxy groups -OCH3 is 1. The molecule has 0 saturated heterocycles. The summed E-state index contributed by atoms with van der Waals surface area (Å²) in [6, 6.07) is 3.11. The van der Waals surface area contributed by atoms with Gasteiger partial charge in [-0.15, -0.1) is 0 Å². The van der Waals surface area contributed by atoms with Gasteiger partial charge in [0.1, 0.15) is 5.82 Å². The molecule has 6 nitrogen and oxygen atoms in total. The maximum atomic E-state index is 10.8. The topological polar surface area (TPSA) is 80.7 Å². The summed E-state index contributed by atoms with van der Waals surface area (Å²) in [5.74, 6) is -0.702. The molecular formula is C11H15ClN2O4. The van der Waals surface area contributed by atoms with Crippen LogP contribution in [0.5, 0.6) is 0 Å². The molecule has 7 heteroatoms. The molecule has 0 aliphatic rings. The molecular weight excluding hydrogens is 260 g/mol. The standard InChI is InChI=1S/C11H15ClN2O4/c1-17-6-7-18-5-4-13-9-3-2-8(12)10(14-9)11(15)16/h2-3H,4-7H2,1H3,(H,13,14)(H,15,16). The third kappa shape index (κ3) is 4.87. The fourth-order valence-corrected chi connectivity index (χ4v) is 1.37. The van der Waals surface area contributed by atoms with Gasteiger partial charge in [-0.2, -0.15) is 0 Å². The third-order valence-corrected chi connectivity index (χ3v) is 2.34. The van der Waals surface area contributed by atoms with E-state index in [0.29, 0.717) is 32.2 Å². The summed E-state index contributed by atoms with van der Waals surface area (Å²) in [7, 11) is 1.60. The normalized spacial score (nSPS) is 10.3. The van der Waals surface area contributed by atoms with E-state index < -0.39 is 5.97 Å². The average Bonchev–Trinajstić information content (AvgIpc) is 2.35. The van der Waals surface area contributed by atoms with Crippen LogP contribution in [0.4, 0.5) is 5.82 Å². The summed E-state index contributed by atoms with van der Waals surface area (Å²) in [5.41, 5.74) is -0.165. The highest BCUT2D eigenvalue weighted by Gasteiger charge is 2.10. The van der Waals surface area contributed by atoms with E-state index in [0.717, 1.165) is 0 Å². The van der Waals surface area contributed by atoms with E-state index >= 15 is 0 Å². The van der Waals surface area contributed by atoms with Crippen LogP contribution in [0.2, 0.25) is 5.02 Å². The zero-order valence-electron chi connectivity index (χ0n) is 9.98. The molecule has 0 saturated carbocycles. The van der Waals surface area contributed by atoms with Gasteiger partial charge in [0.15, 0.2) is 5.69 Å². The smallest absolute Gasteiger partial charge is 0.356 e. The van der Waals surface area contributed by atoms with E-state index in [1.54, 1.807) is 13.2 Å². The van der Waals surface area contributed by atoms with E-state index in [9.17, 15) is 4.79 Å². The van der Waals surface area contributed by atoms with Gasteiger partial charge in [0.05, 0.1) is 24.8 Å². The predicted octanol–water partition coefficient (Wildman–Crippen LogP) is 1.51. The fraction of sp³-hybridized carbons (Fsp3) is 0.455. The van der Waals surface area contributed by atoms with E-state index in [-0.39, 0.29) is 10.7 Å². The van der Waals surface area contributed by atoms with Crippen LogP contribution in [0.1, 0.15) is 10.5 Å². The van der Waals surface area contributed by atoms with Crippen molar-refractivity contribution in [2.75, 3.05) is 38.8 Å².